The molecule has 0 aliphatic carbocycles. The summed E-state index contributed by atoms with van der Waals surface area (Å²) < 4.78 is 49.3. The predicted octanol–water partition coefficient (Wildman–Crippen LogP) is 5.30. The molecule has 2 aliphatic heterocycles. The van der Waals surface area contributed by atoms with Gasteiger partial charge in [-0.25, -0.2) is 19.6 Å². The predicted molar refractivity (Wildman–Crippen MR) is 227 cm³/mol. The van der Waals surface area contributed by atoms with E-state index in [2.05, 4.69) is 42.2 Å². The van der Waals surface area contributed by atoms with Crippen LogP contribution < -0.4 is 16.4 Å². The minimum atomic E-state index is -4.45. The molecule has 3 aromatic rings. The Labute approximate surface area is 359 Å². The Morgan fingerprint density at radius 2 is 1.45 bits per heavy atom. The molecule has 0 bridgehead atoms. The number of alkyl carbamates (subject to hydrolysis) is 2. The number of alkyl halides is 3. The molecule has 2 saturated heterocycles. The van der Waals surface area contributed by atoms with Gasteiger partial charge in [0.15, 0.2) is 0 Å². The summed E-state index contributed by atoms with van der Waals surface area (Å²) in [6, 6.07) is 12.1. The highest BCUT2D eigenvalue weighted by Crippen LogP contribution is 2.33. The number of amides is 4. The first-order valence-electron chi connectivity index (χ1n) is 20.3. The molecule has 15 nitrogen and oxygen atoms in total. The number of halogens is 3. The number of ether oxygens (including phenoxy) is 2. The Balaban J connectivity index is 1.22. The average molecular weight is 862 g/mol. The van der Waals surface area contributed by atoms with Crippen LogP contribution in [0.15, 0.2) is 65.9 Å². The average Bonchev–Trinajstić information content (AvgIpc) is 3.94. The van der Waals surface area contributed by atoms with Crippen molar-refractivity contribution in [2.24, 2.45) is 22.6 Å². The van der Waals surface area contributed by atoms with Gasteiger partial charge in [0.2, 0.25) is 11.8 Å². The van der Waals surface area contributed by atoms with Crippen molar-refractivity contribution >= 4 is 35.9 Å². The third-order valence-corrected chi connectivity index (χ3v) is 10.7. The lowest BCUT2D eigenvalue weighted by atomic mass is 10.0. The van der Waals surface area contributed by atoms with Crippen molar-refractivity contribution < 1.29 is 41.8 Å². The standard InChI is InChI=1S/C44H54F3N9O6/c1-27(2)36(52-42(59)61-5)40(57)55-21-7-8-34(55)39-50-24-33(51-39)32-17-15-30(16-18-32)10-9-29-11-13-31(14-12-29)19-20-49-38(48)35-25-54(26-44(45,46)47)22-23-56(35)41(58)37(28(3)4)53-43(60)62-6/h11-20,24,27-28,34-37H,7-8,21-23,25-26H2,1-6H3,(H2,48,49)(H,50,51)(H,52,59)(H,53,60)/b20-19+/t34-,35-,36-,37-/m0/s1. The topological polar surface area (TPSA) is 188 Å². The highest BCUT2D eigenvalue weighted by atomic mass is 19.4. The van der Waals surface area contributed by atoms with Crippen LogP contribution in [0.2, 0.25) is 0 Å². The number of aromatic nitrogens is 2. The van der Waals surface area contributed by atoms with Crippen molar-refractivity contribution in [2.75, 3.05) is 46.9 Å². The summed E-state index contributed by atoms with van der Waals surface area (Å²) in [4.78, 5) is 67.6. The number of benzene rings is 2. The maximum Gasteiger partial charge on any atom is 0.407 e. The number of aromatic amines is 1. The summed E-state index contributed by atoms with van der Waals surface area (Å²) in [5.74, 6) is 5.79. The number of H-pyrrole nitrogens is 1. The van der Waals surface area contributed by atoms with E-state index in [9.17, 15) is 32.3 Å². The molecule has 0 spiro atoms. The first kappa shape index (κ1) is 46.7. The summed E-state index contributed by atoms with van der Waals surface area (Å²) in [5, 5.41) is 5.18. The third-order valence-electron chi connectivity index (χ3n) is 10.7. The number of carbonyl (C=O) groups is 4. The Kier molecular flexibility index (Phi) is 15.8. The molecular weight excluding hydrogens is 808 g/mol. The van der Waals surface area contributed by atoms with Crippen molar-refractivity contribution in [1.29, 1.82) is 0 Å². The van der Waals surface area contributed by atoms with Crippen LogP contribution in [0.1, 0.15) is 69.1 Å². The summed E-state index contributed by atoms with van der Waals surface area (Å²) >= 11 is 0. The Morgan fingerprint density at radius 1 is 0.887 bits per heavy atom. The molecule has 0 saturated carbocycles. The van der Waals surface area contributed by atoms with Gasteiger partial charge in [-0.05, 0) is 66.1 Å². The van der Waals surface area contributed by atoms with Crippen LogP contribution in [-0.2, 0) is 19.1 Å². The molecule has 5 rings (SSSR count). The highest BCUT2D eigenvalue weighted by Gasteiger charge is 2.41. The smallest absolute Gasteiger partial charge is 0.407 e. The van der Waals surface area contributed by atoms with Gasteiger partial charge in [0, 0.05) is 43.5 Å². The van der Waals surface area contributed by atoms with Gasteiger partial charge in [-0.3, -0.25) is 14.5 Å². The second-order valence-electron chi connectivity index (χ2n) is 15.8. The number of likely N-dealkylation sites (tertiary alicyclic amines) is 1. The Bertz CT molecular complexity index is 2160. The number of hydrogen-bond acceptors (Lipinski definition) is 9. The van der Waals surface area contributed by atoms with Crippen molar-refractivity contribution in [3.05, 3.63) is 83.4 Å². The van der Waals surface area contributed by atoms with Gasteiger partial charge in [0.05, 0.1) is 38.7 Å². The summed E-state index contributed by atoms with van der Waals surface area (Å²) in [5.41, 5.74) is 10.3. The zero-order chi connectivity index (χ0) is 45.1. The molecule has 18 heteroatoms. The van der Waals surface area contributed by atoms with Gasteiger partial charge in [-0.1, -0.05) is 63.8 Å². The first-order chi connectivity index (χ1) is 29.5. The molecule has 5 N–H and O–H groups in total. The fourth-order valence-corrected chi connectivity index (χ4v) is 7.33. The third kappa shape index (κ3) is 12.4. The van der Waals surface area contributed by atoms with Crippen molar-refractivity contribution in [1.82, 2.24) is 35.3 Å². The number of nitrogens with two attached hydrogens (primary N) is 1. The van der Waals surface area contributed by atoms with Gasteiger partial charge in [-0.2, -0.15) is 13.2 Å². The van der Waals surface area contributed by atoms with Crippen LogP contribution in [0.3, 0.4) is 0 Å². The lowest BCUT2D eigenvalue weighted by Crippen LogP contribution is -2.64. The number of nitrogens with one attached hydrogen (secondary N) is 3. The van der Waals surface area contributed by atoms with E-state index in [-0.39, 0.29) is 49.3 Å². The Hall–Kier alpha value is -6.35. The van der Waals surface area contributed by atoms with Gasteiger partial charge < -0.3 is 40.6 Å². The lowest BCUT2D eigenvalue weighted by molar-refractivity contribution is -0.154. The van der Waals surface area contributed by atoms with E-state index in [1.165, 1.54) is 30.2 Å². The fourth-order valence-electron chi connectivity index (χ4n) is 7.33. The summed E-state index contributed by atoms with van der Waals surface area (Å²) in [6.45, 7) is 6.32. The van der Waals surface area contributed by atoms with Crippen LogP contribution in [-0.4, -0.2) is 126 Å². The van der Waals surface area contributed by atoms with Crippen LogP contribution in [0.4, 0.5) is 22.8 Å². The van der Waals surface area contributed by atoms with Crippen molar-refractivity contribution in [3.8, 4) is 23.1 Å². The van der Waals surface area contributed by atoms with Gasteiger partial charge >= 0.3 is 18.4 Å². The van der Waals surface area contributed by atoms with E-state index >= 15 is 0 Å². The summed E-state index contributed by atoms with van der Waals surface area (Å²) in [7, 11) is 2.44. The van der Waals surface area contributed by atoms with E-state index in [1.54, 1.807) is 31.0 Å². The molecule has 332 valence electrons. The Morgan fingerprint density at radius 3 is 2.00 bits per heavy atom. The molecule has 62 heavy (non-hydrogen) atoms. The number of imidazole rings is 1. The molecule has 2 aromatic carbocycles. The van der Waals surface area contributed by atoms with E-state index < -0.39 is 48.9 Å². The zero-order valence-electron chi connectivity index (χ0n) is 35.7. The van der Waals surface area contributed by atoms with Gasteiger partial charge in [-0.15, -0.1) is 0 Å². The minimum Gasteiger partial charge on any atom is -0.453 e. The van der Waals surface area contributed by atoms with Crippen LogP contribution in [0.25, 0.3) is 17.3 Å². The lowest BCUT2D eigenvalue weighted by Gasteiger charge is -2.42. The molecule has 3 heterocycles. The normalized spacial score (nSPS) is 18.3. The van der Waals surface area contributed by atoms with Crippen molar-refractivity contribution in [2.45, 2.75) is 70.9 Å². The van der Waals surface area contributed by atoms with Crippen LogP contribution in [0, 0.1) is 23.7 Å². The second-order valence-corrected chi connectivity index (χ2v) is 15.8. The summed E-state index contributed by atoms with van der Waals surface area (Å²) in [6.07, 6.45) is 0.497. The van der Waals surface area contributed by atoms with Gasteiger partial charge in [0.1, 0.15) is 29.8 Å². The molecule has 0 radical (unpaired) electrons. The van der Waals surface area contributed by atoms with E-state index in [0.29, 0.717) is 12.4 Å². The number of carbonyl (C=O) groups excluding carboxylic acids is 4. The van der Waals surface area contributed by atoms with E-state index in [0.717, 1.165) is 40.8 Å². The molecule has 1 aromatic heterocycles. The maximum absolute atomic E-state index is 13.6. The number of amidine groups is 1. The van der Waals surface area contributed by atoms with E-state index in [1.807, 2.05) is 62.4 Å². The number of piperazine rings is 1. The monoisotopic (exact) mass is 861 g/mol. The molecule has 4 atom stereocenters. The second kappa shape index (κ2) is 21.0. The molecular formula is C44H54F3N9O6. The largest absolute Gasteiger partial charge is 0.453 e. The maximum atomic E-state index is 13.6. The number of nitrogens with zero attached hydrogens (tertiary/aromatic N) is 5. The fraction of sp³-hybridized carbons (Fsp3) is 0.455. The zero-order valence-corrected chi connectivity index (χ0v) is 35.7. The molecule has 0 unspecified atom stereocenters. The molecule has 2 aliphatic rings. The minimum absolute atomic E-state index is 0.0359. The van der Waals surface area contributed by atoms with Crippen LogP contribution in [0.5, 0.6) is 0 Å². The SMILES string of the molecule is COC(=O)N[C@H](C(=O)N1CCN(CC(F)(F)F)C[C@H]1C(N)=N/C=C/c1ccc(C#Cc2ccc(-c3cnc([C@@H]4CCCN4C(=O)[C@@H](NC(=O)OC)C(C)C)[nH]3)cc2)cc1)C(C)C. The number of rotatable bonds is 12. The van der Waals surface area contributed by atoms with Gasteiger partial charge in [0.25, 0.3) is 0 Å². The van der Waals surface area contributed by atoms with E-state index in [4.69, 9.17) is 10.5 Å². The number of hydrogen-bond donors (Lipinski definition) is 4. The highest BCUT2D eigenvalue weighted by molar-refractivity contribution is 5.94. The molecule has 4 amide bonds. The number of methoxy groups -OCH3 is 2. The van der Waals surface area contributed by atoms with Crippen molar-refractivity contribution in [3.63, 3.8) is 0 Å². The first-order valence-corrected chi connectivity index (χ1v) is 20.3. The van der Waals surface area contributed by atoms with Crippen LogP contribution >= 0.6 is 0 Å². The quantitative estimate of drug-likeness (QED) is 0.106. The number of aliphatic imine (C=N–C) groups is 1. The molecule has 2 fully saturated rings.